The fraction of sp³-hybridized carbons (Fsp3) is 0.280. The van der Waals surface area contributed by atoms with Gasteiger partial charge in [0.25, 0.3) is 5.91 Å². The van der Waals surface area contributed by atoms with Crippen molar-refractivity contribution < 1.29 is 14.1 Å². The van der Waals surface area contributed by atoms with E-state index in [1.807, 2.05) is 66.4 Å². The number of piperazine rings is 1. The number of aromatic nitrogens is 4. The highest BCUT2D eigenvalue weighted by Crippen LogP contribution is 2.21. The minimum atomic E-state index is 0.0129. The lowest BCUT2D eigenvalue weighted by molar-refractivity contribution is 0.0614. The van der Waals surface area contributed by atoms with E-state index in [9.17, 15) is 4.79 Å². The lowest BCUT2D eigenvalue weighted by Crippen LogP contribution is -2.48. The van der Waals surface area contributed by atoms with Gasteiger partial charge in [-0.2, -0.15) is 10.1 Å². The number of benzene rings is 2. The van der Waals surface area contributed by atoms with Gasteiger partial charge in [-0.1, -0.05) is 23.4 Å². The highest BCUT2D eigenvalue weighted by atomic mass is 16.5. The number of carbonyl (C=O) groups is 1. The number of carbonyl (C=O) groups excluding carboxylic acids is 1. The Morgan fingerprint density at radius 2 is 1.76 bits per heavy atom. The standard InChI is InChI=1S/C25H26N6O3/c1-18-22(16-26-31(18)20-6-4-3-5-7-20)25(32)30-14-12-29(13-15-30)17-23-27-24(28-34-23)19-8-10-21(33-2)11-9-19/h3-11,16H,12-15,17H2,1-2H3. The summed E-state index contributed by atoms with van der Waals surface area (Å²) in [4.78, 5) is 21.8. The Hall–Kier alpha value is -3.98. The SMILES string of the molecule is COc1ccc(-c2noc(CN3CCN(C(=O)c4cnn(-c5ccccc5)c4C)CC3)n2)cc1. The van der Waals surface area contributed by atoms with Crippen molar-refractivity contribution in [2.24, 2.45) is 0 Å². The second-order valence-electron chi connectivity index (χ2n) is 8.20. The molecule has 5 rings (SSSR count). The minimum absolute atomic E-state index is 0.0129. The summed E-state index contributed by atoms with van der Waals surface area (Å²) >= 11 is 0. The molecule has 1 aliphatic heterocycles. The maximum atomic E-state index is 13.1. The fourth-order valence-corrected chi connectivity index (χ4v) is 4.10. The van der Waals surface area contributed by atoms with Crippen LogP contribution in [0.5, 0.6) is 5.75 Å². The van der Waals surface area contributed by atoms with E-state index in [1.54, 1.807) is 18.0 Å². The summed E-state index contributed by atoms with van der Waals surface area (Å²) in [5.74, 6) is 1.91. The van der Waals surface area contributed by atoms with Crippen molar-refractivity contribution in [3.8, 4) is 22.8 Å². The Balaban J connectivity index is 1.18. The van der Waals surface area contributed by atoms with E-state index in [1.165, 1.54) is 0 Å². The third-order valence-electron chi connectivity index (χ3n) is 6.08. The normalized spacial score (nSPS) is 14.4. The Kier molecular flexibility index (Phi) is 6.09. The van der Waals surface area contributed by atoms with Crippen molar-refractivity contribution in [1.82, 2.24) is 29.7 Å². The van der Waals surface area contributed by atoms with Gasteiger partial charge in [0.15, 0.2) is 0 Å². The van der Waals surface area contributed by atoms with E-state index in [2.05, 4.69) is 20.1 Å². The molecule has 3 heterocycles. The number of ether oxygens (including phenoxy) is 1. The number of hydrogen-bond donors (Lipinski definition) is 0. The summed E-state index contributed by atoms with van der Waals surface area (Å²) in [7, 11) is 1.63. The average Bonchev–Trinajstić information content (AvgIpc) is 3.51. The Bertz CT molecular complexity index is 1260. The van der Waals surface area contributed by atoms with Gasteiger partial charge in [-0.3, -0.25) is 9.69 Å². The molecule has 0 aliphatic carbocycles. The molecule has 9 nitrogen and oxygen atoms in total. The molecule has 1 saturated heterocycles. The van der Waals surface area contributed by atoms with Gasteiger partial charge in [-0.25, -0.2) is 4.68 Å². The number of para-hydroxylation sites is 1. The number of rotatable bonds is 6. The van der Waals surface area contributed by atoms with Gasteiger partial charge in [0.05, 0.1) is 36.8 Å². The Labute approximate surface area is 197 Å². The summed E-state index contributed by atoms with van der Waals surface area (Å²) in [6.45, 7) is 5.22. The van der Waals surface area contributed by atoms with Crippen molar-refractivity contribution in [3.63, 3.8) is 0 Å². The first kappa shape index (κ1) is 21.8. The first-order valence-electron chi connectivity index (χ1n) is 11.2. The topological polar surface area (TPSA) is 89.5 Å². The van der Waals surface area contributed by atoms with Crippen molar-refractivity contribution in [1.29, 1.82) is 0 Å². The maximum Gasteiger partial charge on any atom is 0.257 e. The van der Waals surface area contributed by atoms with E-state index in [4.69, 9.17) is 9.26 Å². The molecule has 4 aromatic rings. The van der Waals surface area contributed by atoms with Gasteiger partial charge in [-0.05, 0) is 43.3 Å². The van der Waals surface area contributed by atoms with Crippen molar-refractivity contribution in [2.45, 2.75) is 13.5 Å². The molecule has 1 fully saturated rings. The molecular weight excluding hydrogens is 432 g/mol. The van der Waals surface area contributed by atoms with Crippen molar-refractivity contribution >= 4 is 5.91 Å². The summed E-state index contributed by atoms with van der Waals surface area (Å²) in [6, 6.07) is 17.4. The van der Waals surface area contributed by atoms with Gasteiger partial charge in [-0.15, -0.1) is 0 Å². The number of nitrogens with zero attached hydrogens (tertiary/aromatic N) is 6. The van der Waals surface area contributed by atoms with Crippen LogP contribution in [-0.2, 0) is 6.54 Å². The maximum absolute atomic E-state index is 13.1. The zero-order valence-electron chi connectivity index (χ0n) is 19.2. The molecule has 1 aliphatic rings. The van der Waals surface area contributed by atoms with Crippen LogP contribution < -0.4 is 4.74 Å². The third-order valence-corrected chi connectivity index (χ3v) is 6.08. The molecule has 1 amide bonds. The lowest BCUT2D eigenvalue weighted by Gasteiger charge is -2.33. The molecule has 0 radical (unpaired) electrons. The molecule has 0 spiro atoms. The molecular formula is C25H26N6O3. The van der Waals surface area contributed by atoms with Crippen LogP contribution >= 0.6 is 0 Å². The summed E-state index contributed by atoms with van der Waals surface area (Å²) in [5, 5.41) is 8.53. The average molecular weight is 459 g/mol. The highest BCUT2D eigenvalue weighted by molar-refractivity contribution is 5.95. The second kappa shape index (κ2) is 9.48. The van der Waals surface area contributed by atoms with Gasteiger partial charge >= 0.3 is 0 Å². The molecule has 34 heavy (non-hydrogen) atoms. The molecule has 9 heteroatoms. The van der Waals surface area contributed by atoms with E-state index in [0.29, 0.717) is 36.9 Å². The molecule has 0 atom stereocenters. The van der Waals surface area contributed by atoms with Crippen LogP contribution in [-0.4, -0.2) is 68.9 Å². The van der Waals surface area contributed by atoms with Crippen LogP contribution in [0.25, 0.3) is 17.1 Å². The quantitative estimate of drug-likeness (QED) is 0.438. The van der Waals surface area contributed by atoms with E-state index < -0.39 is 0 Å². The monoisotopic (exact) mass is 458 g/mol. The van der Waals surface area contributed by atoms with Gasteiger partial charge in [0, 0.05) is 31.7 Å². The van der Waals surface area contributed by atoms with Crippen LogP contribution in [0, 0.1) is 6.92 Å². The smallest absolute Gasteiger partial charge is 0.257 e. The van der Waals surface area contributed by atoms with Crippen LogP contribution in [0.1, 0.15) is 21.9 Å². The first-order chi connectivity index (χ1) is 16.6. The molecule has 0 saturated carbocycles. The third kappa shape index (κ3) is 4.42. The van der Waals surface area contributed by atoms with Crippen LogP contribution in [0.15, 0.2) is 65.3 Å². The molecule has 0 N–H and O–H groups in total. The van der Waals surface area contributed by atoms with E-state index >= 15 is 0 Å². The predicted molar refractivity (Wildman–Crippen MR) is 126 cm³/mol. The van der Waals surface area contributed by atoms with Gasteiger partial charge in [0.2, 0.25) is 11.7 Å². The van der Waals surface area contributed by atoms with Crippen molar-refractivity contribution in [3.05, 3.63) is 77.9 Å². The first-order valence-corrected chi connectivity index (χ1v) is 11.2. The van der Waals surface area contributed by atoms with Gasteiger partial charge < -0.3 is 14.2 Å². The number of amides is 1. The van der Waals surface area contributed by atoms with Crippen molar-refractivity contribution in [2.75, 3.05) is 33.3 Å². The lowest BCUT2D eigenvalue weighted by atomic mass is 10.2. The Morgan fingerprint density at radius 3 is 2.47 bits per heavy atom. The number of hydrogen-bond acceptors (Lipinski definition) is 7. The van der Waals surface area contributed by atoms with Crippen LogP contribution in [0.2, 0.25) is 0 Å². The van der Waals surface area contributed by atoms with E-state index in [-0.39, 0.29) is 5.91 Å². The molecule has 2 aromatic carbocycles. The molecule has 0 bridgehead atoms. The number of methoxy groups -OCH3 is 1. The fourth-order valence-electron chi connectivity index (χ4n) is 4.10. The van der Waals surface area contributed by atoms with E-state index in [0.717, 1.165) is 35.8 Å². The van der Waals surface area contributed by atoms with Crippen LogP contribution in [0.4, 0.5) is 0 Å². The van der Waals surface area contributed by atoms with Crippen LogP contribution in [0.3, 0.4) is 0 Å². The predicted octanol–water partition coefficient (Wildman–Crippen LogP) is 3.20. The largest absolute Gasteiger partial charge is 0.497 e. The minimum Gasteiger partial charge on any atom is -0.497 e. The molecule has 2 aromatic heterocycles. The zero-order chi connectivity index (χ0) is 23.5. The second-order valence-corrected chi connectivity index (χ2v) is 8.20. The highest BCUT2D eigenvalue weighted by Gasteiger charge is 2.26. The summed E-state index contributed by atoms with van der Waals surface area (Å²) in [5.41, 5.74) is 3.30. The van der Waals surface area contributed by atoms with Gasteiger partial charge in [0.1, 0.15) is 5.75 Å². The summed E-state index contributed by atoms with van der Waals surface area (Å²) in [6.07, 6.45) is 1.66. The Morgan fingerprint density at radius 1 is 1.03 bits per heavy atom. The molecule has 0 unspecified atom stereocenters. The molecule has 174 valence electrons. The zero-order valence-corrected chi connectivity index (χ0v) is 19.2. The summed E-state index contributed by atoms with van der Waals surface area (Å²) < 4.78 is 12.5.